The number of hydrogen-bond donors (Lipinski definition) is 2. The molecule has 0 aromatic heterocycles. The molecular weight excluding hydrogens is 134 g/mol. The van der Waals surface area contributed by atoms with E-state index in [-0.39, 0.29) is 0 Å². The fourth-order valence-electron chi connectivity index (χ4n) is 0.497. The maximum atomic E-state index is 10.1. The number of primary amides is 1. The molecule has 0 aliphatic carbocycles. The lowest BCUT2D eigenvalue weighted by molar-refractivity contribution is -0.0831. The Morgan fingerprint density at radius 2 is 2.40 bits per heavy atom. The lowest BCUT2D eigenvalue weighted by Gasteiger charge is -2.18. The van der Waals surface area contributed by atoms with E-state index in [2.05, 4.69) is 10.3 Å². The molecule has 1 rings (SSSR count). The molecule has 5 heteroatoms. The number of allylic oxidation sites excluding steroid dienone is 2. The zero-order chi connectivity index (χ0) is 7.40. The van der Waals surface area contributed by atoms with Crippen molar-refractivity contribution in [3.05, 3.63) is 24.6 Å². The third-order valence-corrected chi connectivity index (χ3v) is 0.819. The molecule has 0 bridgehead atoms. The molecule has 0 aromatic carbocycles. The number of carbonyl (C=O) groups is 1. The molecule has 1 heterocycles. The van der Waals surface area contributed by atoms with Crippen LogP contribution in [0.4, 0.5) is 4.79 Å². The summed E-state index contributed by atoms with van der Waals surface area (Å²) >= 11 is 0. The summed E-state index contributed by atoms with van der Waals surface area (Å²) in [5, 5.41) is 1.10. The highest BCUT2D eigenvalue weighted by atomic mass is 16.7. The number of amides is 1. The van der Waals surface area contributed by atoms with Gasteiger partial charge in [-0.15, -0.1) is 5.17 Å². The summed E-state index contributed by atoms with van der Waals surface area (Å²) in [6, 6.07) is 0. The van der Waals surface area contributed by atoms with Gasteiger partial charge in [-0.3, -0.25) is 5.43 Å². The van der Waals surface area contributed by atoms with E-state index >= 15 is 0 Å². The van der Waals surface area contributed by atoms with Gasteiger partial charge in [-0.1, -0.05) is 0 Å². The van der Waals surface area contributed by atoms with Gasteiger partial charge in [0, 0.05) is 6.20 Å². The Balaban J connectivity index is 2.37. The van der Waals surface area contributed by atoms with Crippen LogP contribution in [0.15, 0.2) is 24.6 Å². The lowest BCUT2D eigenvalue weighted by atomic mass is 10.5. The Kier molecular flexibility index (Phi) is 1.79. The average Bonchev–Trinajstić information content (AvgIpc) is 1.88. The van der Waals surface area contributed by atoms with Gasteiger partial charge in [0.05, 0.1) is 6.20 Å². The molecule has 0 fully saturated rings. The van der Waals surface area contributed by atoms with Crippen molar-refractivity contribution in [2.75, 3.05) is 0 Å². The van der Waals surface area contributed by atoms with Crippen LogP contribution in [0.5, 0.6) is 0 Å². The first kappa shape index (κ1) is 6.47. The van der Waals surface area contributed by atoms with Crippen LogP contribution in [-0.2, 0) is 4.84 Å². The summed E-state index contributed by atoms with van der Waals surface area (Å²) < 4.78 is 0. The molecule has 0 saturated carbocycles. The Morgan fingerprint density at radius 3 is 2.90 bits per heavy atom. The minimum atomic E-state index is -0.854. The molecule has 10 heavy (non-hydrogen) atoms. The SMILES string of the molecule is NC(=O)ON1C=CC=CN1. The maximum absolute atomic E-state index is 10.1. The van der Waals surface area contributed by atoms with E-state index in [4.69, 9.17) is 5.73 Å². The second kappa shape index (κ2) is 2.77. The summed E-state index contributed by atoms with van der Waals surface area (Å²) in [5.41, 5.74) is 7.32. The first-order valence-corrected chi connectivity index (χ1v) is 2.65. The monoisotopic (exact) mass is 141 g/mol. The van der Waals surface area contributed by atoms with E-state index in [1.54, 1.807) is 18.4 Å². The van der Waals surface area contributed by atoms with Gasteiger partial charge in [-0.25, -0.2) is 4.79 Å². The molecule has 0 spiro atoms. The summed E-state index contributed by atoms with van der Waals surface area (Å²) in [6.45, 7) is 0. The van der Waals surface area contributed by atoms with Crippen LogP contribution in [0.1, 0.15) is 0 Å². The summed E-state index contributed by atoms with van der Waals surface area (Å²) in [5.74, 6) is 0. The molecular formula is C5H7N3O2. The zero-order valence-corrected chi connectivity index (χ0v) is 5.15. The number of hydrogen-bond acceptors (Lipinski definition) is 4. The number of nitrogens with two attached hydrogens (primary N) is 1. The van der Waals surface area contributed by atoms with E-state index in [9.17, 15) is 4.79 Å². The predicted octanol–water partition coefficient (Wildman–Crippen LogP) is -0.156. The molecule has 0 atom stereocenters. The minimum Gasteiger partial charge on any atom is -0.333 e. The van der Waals surface area contributed by atoms with Crippen molar-refractivity contribution < 1.29 is 9.63 Å². The highest BCUT2D eigenvalue weighted by Crippen LogP contribution is 1.92. The summed E-state index contributed by atoms with van der Waals surface area (Å²) in [6.07, 6.45) is 5.71. The number of rotatable bonds is 1. The molecule has 0 radical (unpaired) electrons. The van der Waals surface area contributed by atoms with Gasteiger partial charge >= 0.3 is 6.09 Å². The van der Waals surface area contributed by atoms with E-state index in [0.717, 1.165) is 5.17 Å². The van der Waals surface area contributed by atoms with Crippen molar-refractivity contribution in [2.24, 2.45) is 5.73 Å². The number of hydrazine groups is 1. The topological polar surface area (TPSA) is 67.6 Å². The van der Waals surface area contributed by atoms with E-state index in [1.807, 2.05) is 0 Å². The smallest absolute Gasteiger partial charge is 0.333 e. The first-order valence-electron chi connectivity index (χ1n) is 2.65. The van der Waals surface area contributed by atoms with Crippen LogP contribution in [-0.4, -0.2) is 11.3 Å². The Hall–Kier alpha value is -1.65. The number of nitrogens with one attached hydrogen (secondary N) is 1. The standard InChI is InChI=1S/C5H7N3O2/c6-5(9)10-8-4-2-1-3-7-8/h1-4,7H,(H2,6,9). The number of nitrogens with zero attached hydrogens (tertiary/aromatic N) is 1. The van der Waals surface area contributed by atoms with Crippen LogP contribution in [0.3, 0.4) is 0 Å². The van der Waals surface area contributed by atoms with E-state index in [0.29, 0.717) is 0 Å². The van der Waals surface area contributed by atoms with Gasteiger partial charge in [0.25, 0.3) is 0 Å². The van der Waals surface area contributed by atoms with E-state index in [1.165, 1.54) is 6.20 Å². The third kappa shape index (κ3) is 1.70. The van der Waals surface area contributed by atoms with Gasteiger partial charge in [0.1, 0.15) is 0 Å². The molecule has 0 aromatic rings. The van der Waals surface area contributed by atoms with Gasteiger partial charge < -0.3 is 10.6 Å². The van der Waals surface area contributed by atoms with Gasteiger partial charge in [0.2, 0.25) is 0 Å². The zero-order valence-electron chi connectivity index (χ0n) is 5.15. The molecule has 0 saturated heterocycles. The van der Waals surface area contributed by atoms with Gasteiger partial charge in [0.15, 0.2) is 0 Å². The predicted molar refractivity (Wildman–Crippen MR) is 33.9 cm³/mol. The lowest BCUT2D eigenvalue weighted by Crippen LogP contribution is -2.34. The number of hydroxylamine groups is 1. The molecule has 54 valence electrons. The first-order chi connectivity index (χ1) is 4.79. The van der Waals surface area contributed by atoms with Crippen molar-refractivity contribution in [2.45, 2.75) is 0 Å². The molecule has 1 aliphatic rings. The van der Waals surface area contributed by atoms with Crippen molar-refractivity contribution in [1.29, 1.82) is 0 Å². The second-order valence-electron chi connectivity index (χ2n) is 1.57. The second-order valence-corrected chi connectivity index (χ2v) is 1.57. The Morgan fingerprint density at radius 1 is 1.60 bits per heavy atom. The van der Waals surface area contributed by atoms with Crippen molar-refractivity contribution >= 4 is 6.09 Å². The quantitative estimate of drug-likeness (QED) is 0.532. The highest BCUT2D eigenvalue weighted by Gasteiger charge is 2.01. The molecule has 1 aliphatic heterocycles. The van der Waals surface area contributed by atoms with Gasteiger partial charge in [-0.05, 0) is 12.2 Å². The number of carbonyl (C=O) groups excluding carboxylic acids is 1. The third-order valence-electron chi connectivity index (χ3n) is 0.819. The van der Waals surface area contributed by atoms with Crippen LogP contribution < -0.4 is 11.2 Å². The molecule has 5 nitrogen and oxygen atoms in total. The minimum absolute atomic E-state index is 0.854. The molecule has 3 N–H and O–H groups in total. The van der Waals surface area contributed by atoms with Crippen molar-refractivity contribution in [1.82, 2.24) is 10.6 Å². The molecule has 1 amide bonds. The van der Waals surface area contributed by atoms with Crippen molar-refractivity contribution in [3.8, 4) is 0 Å². The van der Waals surface area contributed by atoms with Crippen LogP contribution in [0, 0.1) is 0 Å². The Bertz CT molecular complexity index is 187. The van der Waals surface area contributed by atoms with Crippen LogP contribution in [0.25, 0.3) is 0 Å². The average molecular weight is 141 g/mol. The maximum Gasteiger partial charge on any atom is 0.430 e. The van der Waals surface area contributed by atoms with Gasteiger partial charge in [-0.2, -0.15) is 0 Å². The summed E-state index contributed by atoms with van der Waals surface area (Å²) in [4.78, 5) is 14.5. The van der Waals surface area contributed by atoms with Crippen LogP contribution in [0.2, 0.25) is 0 Å². The molecule has 0 unspecified atom stereocenters. The fourth-order valence-corrected chi connectivity index (χ4v) is 0.497. The largest absolute Gasteiger partial charge is 0.430 e. The summed E-state index contributed by atoms with van der Waals surface area (Å²) in [7, 11) is 0. The normalized spacial score (nSPS) is 14.6. The fraction of sp³-hybridized carbons (Fsp3) is 0. The Labute approximate surface area is 57.7 Å². The van der Waals surface area contributed by atoms with E-state index < -0.39 is 6.09 Å². The van der Waals surface area contributed by atoms with Crippen LogP contribution >= 0.6 is 0 Å². The highest BCUT2D eigenvalue weighted by molar-refractivity contribution is 5.64. The van der Waals surface area contributed by atoms with Crippen molar-refractivity contribution in [3.63, 3.8) is 0 Å².